The van der Waals surface area contributed by atoms with Crippen molar-refractivity contribution >= 4 is 17.7 Å². The van der Waals surface area contributed by atoms with Crippen LogP contribution in [0.4, 0.5) is 5.69 Å². The molecule has 0 spiro atoms. The normalized spacial score (nSPS) is 11.1. The van der Waals surface area contributed by atoms with E-state index in [4.69, 9.17) is 4.74 Å². The topological polar surface area (TPSA) is 64.1 Å². The Morgan fingerprint density at radius 2 is 1.69 bits per heavy atom. The summed E-state index contributed by atoms with van der Waals surface area (Å²) in [6.07, 6.45) is 3.31. The molecule has 0 bridgehead atoms. The minimum absolute atomic E-state index is 0.210. The molecule has 3 rings (SSSR count). The Balaban J connectivity index is 1.64. The van der Waals surface area contributed by atoms with Crippen LogP contribution in [0.25, 0.3) is 6.08 Å². The molecule has 29 heavy (non-hydrogen) atoms. The van der Waals surface area contributed by atoms with Gasteiger partial charge in [0.05, 0.1) is 0 Å². The number of anilines is 1. The fraction of sp³-hybridized carbons (Fsp3) is 0.208. The number of aryl methyl sites for hydroxylation is 2. The second-order valence-corrected chi connectivity index (χ2v) is 7.21. The number of hydrogen-bond donors (Lipinski definition) is 1. The van der Waals surface area contributed by atoms with Crippen molar-refractivity contribution in [3.8, 4) is 11.8 Å². The van der Waals surface area contributed by atoms with E-state index in [-0.39, 0.29) is 11.9 Å². The molecule has 5 heteroatoms. The lowest BCUT2D eigenvalue weighted by Gasteiger charge is -2.08. The summed E-state index contributed by atoms with van der Waals surface area (Å²) in [6.45, 7) is 8.09. The zero-order valence-electron chi connectivity index (χ0n) is 17.1. The van der Waals surface area contributed by atoms with E-state index in [0.29, 0.717) is 17.4 Å². The van der Waals surface area contributed by atoms with Gasteiger partial charge >= 0.3 is 6.01 Å². The van der Waals surface area contributed by atoms with Crippen LogP contribution in [0.15, 0.2) is 60.7 Å². The van der Waals surface area contributed by atoms with Gasteiger partial charge in [-0.2, -0.15) is 0 Å². The highest BCUT2D eigenvalue weighted by Crippen LogP contribution is 2.22. The highest BCUT2D eigenvalue weighted by atomic mass is 16.5. The van der Waals surface area contributed by atoms with E-state index < -0.39 is 0 Å². The number of aromatic nitrogens is 2. The zero-order valence-corrected chi connectivity index (χ0v) is 17.1. The lowest BCUT2D eigenvalue weighted by atomic mass is 10.0. The van der Waals surface area contributed by atoms with Crippen LogP contribution in [0.2, 0.25) is 0 Å². The summed E-state index contributed by atoms with van der Waals surface area (Å²) in [5, 5.41) is 2.84. The van der Waals surface area contributed by atoms with Crippen LogP contribution < -0.4 is 10.1 Å². The number of amides is 1. The number of nitrogens with zero attached hydrogens (tertiary/aromatic N) is 2. The van der Waals surface area contributed by atoms with E-state index in [0.717, 1.165) is 17.0 Å². The van der Waals surface area contributed by atoms with Crippen molar-refractivity contribution in [3.63, 3.8) is 0 Å². The molecule has 0 saturated carbocycles. The maximum atomic E-state index is 12.3. The largest absolute Gasteiger partial charge is 0.424 e. The molecule has 0 atom stereocenters. The Hall–Kier alpha value is -3.47. The minimum atomic E-state index is -0.210. The van der Waals surface area contributed by atoms with Crippen molar-refractivity contribution in [1.82, 2.24) is 9.97 Å². The van der Waals surface area contributed by atoms with Crippen molar-refractivity contribution in [2.75, 3.05) is 5.32 Å². The standard InChI is InChI=1S/C24H25N3O2/c1-16(2)20-11-8-19(9-12-20)10-13-23(28)27-21-6-5-7-22(15-21)29-24-25-17(3)14-18(4)26-24/h5-16H,1-4H3,(H,27,28)/b13-10+. The van der Waals surface area contributed by atoms with Gasteiger partial charge in [-0.05, 0) is 55.2 Å². The molecule has 0 saturated heterocycles. The molecule has 0 fully saturated rings. The fourth-order valence-electron chi connectivity index (χ4n) is 2.83. The Morgan fingerprint density at radius 3 is 2.34 bits per heavy atom. The predicted molar refractivity (Wildman–Crippen MR) is 116 cm³/mol. The van der Waals surface area contributed by atoms with Gasteiger partial charge < -0.3 is 10.1 Å². The Bertz CT molecular complexity index is 1000. The lowest BCUT2D eigenvalue weighted by Crippen LogP contribution is -2.07. The lowest BCUT2D eigenvalue weighted by molar-refractivity contribution is -0.111. The molecule has 2 aromatic carbocycles. The predicted octanol–water partition coefficient (Wildman–Crippen LogP) is 5.66. The molecule has 0 aliphatic rings. The first-order valence-corrected chi connectivity index (χ1v) is 9.58. The smallest absolute Gasteiger partial charge is 0.322 e. The first kappa shape index (κ1) is 20.3. The van der Waals surface area contributed by atoms with Gasteiger partial charge in [-0.25, -0.2) is 9.97 Å². The monoisotopic (exact) mass is 387 g/mol. The molecule has 1 heterocycles. The molecule has 5 nitrogen and oxygen atoms in total. The van der Waals surface area contributed by atoms with Gasteiger partial charge in [-0.1, -0.05) is 44.2 Å². The van der Waals surface area contributed by atoms with Crippen LogP contribution in [-0.4, -0.2) is 15.9 Å². The van der Waals surface area contributed by atoms with E-state index in [2.05, 4.69) is 41.3 Å². The molecular weight excluding hydrogens is 362 g/mol. The van der Waals surface area contributed by atoms with E-state index in [1.54, 1.807) is 24.3 Å². The summed E-state index contributed by atoms with van der Waals surface area (Å²) in [7, 11) is 0. The van der Waals surface area contributed by atoms with Crippen molar-refractivity contribution in [1.29, 1.82) is 0 Å². The molecule has 1 N–H and O–H groups in total. The number of ether oxygens (including phenoxy) is 1. The van der Waals surface area contributed by atoms with Gasteiger partial charge in [-0.15, -0.1) is 0 Å². The average Bonchev–Trinajstić information content (AvgIpc) is 2.66. The molecule has 1 amide bonds. The molecule has 0 radical (unpaired) electrons. The summed E-state index contributed by atoms with van der Waals surface area (Å²) in [5.74, 6) is 0.832. The van der Waals surface area contributed by atoms with Gasteiger partial charge in [0.1, 0.15) is 5.75 Å². The molecule has 0 unspecified atom stereocenters. The van der Waals surface area contributed by atoms with Gasteiger partial charge in [0, 0.05) is 29.2 Å². The van der Waals surface area contributed by atoms with Gasteiger partial charge in [0.25, 0.3) is 0 Å². The zero-order chi connectivity index (χ0) is 20.8. The van der Waals surface area contributed by atoms with Gasteiger partial charge in [-0.3, -0.25) is 4.79 Å². The second-order valence-electron chi connectivity index (χ2n) is 7.21. The molecule has 148 valence electrons. The van der Waals surface area contributed by atoms with Crippen LogP contribution in [0.1, 0.15) is 42.3 Å². The number of hydrogen-bond acceptors (Lipinski definition) is 4. The number of carbonyl (C=O) groups excluding carboxylic acids is 1. The highest BCUT2D eigenvalue weighted by molar-refractivity contribution is 6.02. The van der Waals surface area contributed by atoms with E-state index in [9.17, 15) is 4.79 Å². The first-order chi connectivity index (χ1) is 13.9. The summed E-state index contributed by atoms with van der Waals surface area (Å²) >= 11 is 0. The van der Waals surface area contributed by atoms with Crippen LogP contribution in [0.3, 0.4) is 0 Å². The number of benzene rings is 2. The molecule has 3 aromatic rings. The van der Waals surface area contributed by atoms with Crippen molar-refractivity contribution in [2.45, 2.75) is 33.6 Å². The highest BCUT2D eigenvalue weighted by Gasteiger charge is 2.05. The van der Waals surface area contributed by atoms with Crippen molar-refractivity contribution < 1.29 is 9.53 Å². The summed E-state index contributed by atoms with van der Waals surface area (Å²) in [5.41, 5.74) is 4.56. The minimum Gasteiger partial charge on any atom is -0.424 e. The Kier molecular flexibility index (Phi) is 6.39. The maximum Gasteiger partial charge on any atom is 0.322 e. The van der Waals surface area contributed by atoms with Crippen LogP contribution >= 0.6 is 0 Å². The van der Waals surface area contributed by atoms with Crippen LogP contribution in [0.5, 0.6) is 11.8 Å². The third-order valence-electron chi connectivity index (χ3n) is 4.30. The number of carbonyl (C=O) groups is 1. The maximum absolute atomic E-state index is 12.3. The Labute approximate surface area is 171 Å². The quantitative estimate of drug-likeness (QED) is 0.554. The SMILES string of the molecule is Cc1cc(C)nc(Oc2cccc(NC(=O)/C=C/c3ccc(C(C)C)cc3)c2)n1. The average molecular weight is 387 g/mol. The Morgan fingerprint density at radius 1 is 1.00 bits per heavy atom. The van der Waals surface area contributed by atoms with Gasteiger partial charge in [0.2, 0.25) is 5.91 Å². The summed E-state index contributed by atoms with van der Waals surface area (Å²) in [4.78, 5) is 20.8. The van der Waals surface area contributed by atoms with Gasteiger partial charge in [0.15, 0.2) is 0 Å². The van der Waals surface area contributed by atoms with Crippen LogP contribution in [-0.2, 0) is 4.79 Å². The van der Waals surface area contributed by atoms with Crippen LogP contribution in [0, 0.1) is 13.8 Å². The van der Waals surface area contributed by atoms with E-state index >= 15 is 0 Å². The third kappa shape index (κ3) is 6.01. The van der Waals surface area contributed by atoms with E-state index in [1.165, 1.54) is 11.6 Å². The molecule has 0 aliphatic carbocycles. The molecule has 0 aliphatic heterocycles. The third-order valence-corrected chi connectivity index (χ3v) is 4.30. The van der Waals surface area contributed by atoms with E-state index in [1.807, 2.05) is 38.1 Å². The summed E-state index contributed by atoms with van der Waals surface area (Å²) < 4.78 is 5.73. The van der Waals surface area contributed by atoms with Crippen molar-refractivity contribution in [2.24, 2.45) is 0 Å². The fourth-order valence-corrected chi connectivity index (χ4v) is 2.83. The number of nitrogens with one attached hydrogen (secondary N) is 1. The second kappa shape index (κ2) is 9.15. The summed E-state index contributed by atoms with van der Waals surface area (Å²) in [6, 6.07) is 17.5. The number of rotatable bonds is 6. The molecular formula is C24H25N3O2. The first-order valence-electron chi connectivity index (χ1n) is 9.58. The molecule has 1 aromatic heterocycles. The van der Waals surface area contributed by atoms with Crippen molar-refractivity contribution in [3.05, 3.63) is 83.2 Å².